The summed E-state index contributed by atoms with van der Waals surface area (Å²) in [6.45, 7) is 5.07. The maximum absolute atomic E-state index is 12.3. The van der Waals surface area contributed by atoms with Crippen LogP contribution in [0.25, 0.3) is 0 Å². The van der Waals surface area contributed by atoms with Gasteiger partial charge in [0.2, 0.25) is 5.91 Å². The number of hydrogen-bond acceptors (Lipinski definition) is 3. The van der Waals surface area contributed by atoms with Crippen LogP contribution in [-0.2, 0) is 9.59 Å². The van der Waals surface area contributed by atoms with Gasteiger partial charge >= 0.3 is 5.97 Å². The number of thioether (sulfide) groups is 1. The van der Waals surface area contributed by atoms with E-state index in [0.717, 1.165) is 4.90 Å². The Bertz CT molecular complexity index is 493. The van der Waals surface area contributed by atoms with Crippen molar-refractivity contribution in [3.63, 3.8) is 0 Å². The molecular formula is C14H18ClNO3S. The molecule has 1 rings (SSSR count). The van der Waals surface area contributed by atoms with E-state index in [0.29, 0.717) is 5.02 Å². The lowest BCUT2D eigenvalue weighted by Gasteiger charge is -2.27. The van der Waals surface area contributed by atoms with Crippen LogP contribution < -0.4 is 0 Å². The number of aliphatic carboxylic acids is 1. The smallest absolute Gasteiger partial charge is 0.323 e. The third kappa shape index (κ3) is 4.72. The molecule has 1 aromatic carbocycles. The zero-order chi connectivity index (χ0) is 15.3. The van der Waals surface area contributed by atoms with Crippen LogP contribution in [0.4, 0.5) is 0 Å². The lowest BCUT2D eigenvalue weighted by Crippen LogP contribution is -2.44. The summed E-state index contributed by atoms with van der Waals surface area (Å²) in [4.78, 5) is 25.3. The van der Waals surface area contributed by atoms with Gasteiger partial charge in [-0.3, -0.25) is 9.59 Å². The van der Waals surface area contributed by atoms with Crippen LogP contribution in [0.1, 0.15) is 20.8 Å². The van der Waals surface area contributed by atoms with E-state index < -0.39 is 11.2 Å². The molecule has 110 valence electrons. The van der Waals surface area contributed by atoms with Gasteiger partial charge in [-0.15, -0.1) is 11.8 Å². The summed E-state index contributed by atoms with van der Waals surface area (Å²) >= 11 is 7.39. The lowest BCUT2D eigenvalue weighted by molar-refractivity contribution is -0.145. The van der Waals surface area contributed by atoms with E-state index in [9.17, 15) is 9.59 Å². The molecule has 1 aromatic rings. The van der Waals surface area contributed by atoms with E-state index in [4.69, 9.17) is 16.7 Å². The molecule has 1 amide bonds. The average Bonchev–Trinajstić information content (AvgIpc) is 2.37. The molecule has 1 atom stereocenters. The number of hydrogen-bond donors (Lipinski definition) is 1. The number of benzene rings is 1. The van der Waals surface area contributed by atoms with Gasteiger partial charge in [0.15, 0.2) is 0 Å². The van der Waals surface area contributed by atoms with Gasteiger partial charge in [0.05, 0.1) is 10.3 Å². The molecule has 4 nitrogen and oxygen atoms in total. The Morgan fingerprint density at radius 2 is 1.90 bits per heavy atom. The summed E-state index contributed by atoms with van der Waals surface area (Å²) in [5, 5.41) is 9.07. The van der Waals surface area contributed by atoms with Gasteiger partial charge in [-0.25, -0.2) is 0 Å². The normalized spacial score (nSPS) is 12.2. The Balaban J connectivity index is 2.79. The van der Waals surface area contributed by atoms with Crippen molar-refractivity contribution in [1.82, 2.24) is 4.90 Å². The second-order valence-electron chi connectivity index (χ2n) is 4.64. The largest absolute Gasteiger partial charge is 0.480 e. The number of amides is 1. The molecule has 20 heavy (non-hydrogen) atoms. The Hall–Kier alpha value is -1.20. The Kier molecular flexibility index (Phi) is 6.36. The van der Waals surface area contributed by atoms with Gasteiger partial charge in [0.1, 0.15) is 6.54 Å². The van der Waals surface area contributed by atoms with Crippen LogP contribution >= 0.6 is 23.4 Å². The fourth-order valence-electron chi connectivity index (χ4n) is 1.68. The van der Waals surface area contributed by atoms with E-state index in [1.807, 2.05) is 18.2 Å². The van der Waals surface area contributed by atoms with Crippen molar-refractivity contribution in [2.75, 3.05) is 6.54 Å². The summed E-state index contributed by atoms with van der Waals surface area (Å²) in [6, 6.07) is 7.12. The SMILES string of the molecule is CC(Sc1ccccc1Cl)C(=O)N(CC(=O)O)C(C)C. The fourth-order valence-corrected chi connectivity index (χ4v) is 2.90. The predicted molar refractivity (Wildman–Crippen MR) is 81.3 cm³/mol. The molecule has 0 aliphatic carbocycles. The Morgan fingerprint density at radius 3 is 2.40 bits per heavy atom. The summed E-state index contributed by atoms with van der Waals surface area (Å²) in [7, 11) is 0. The highest BCUT2D eigenvalue weighted by molar-refractivity contribution is 8.00. The first-order valence-corrected chi connectivity index (χ1v) is 7.52. The number of nitrogens with zero attached hydrogens (tertiary/aromatic N) is 1. The van der Waals surface area contributed by atoms with Crippen LogP contribution in [0.5, 0.6) is 0 Å². The monoisotopic (exact) mass is 315 g/mol. The first-order valence-electron chi connectivity index (χ1n) is 6.26. The molecule has 0 saturated heterocycles. The minimum atomic E-state index is -1.01. The number of rotatable bonds is 6. The number of carbonyl (C=O) groups excluding carboxylic acids is 1. The second-order valence-corrected chi connectivity index (χ2v) is 6.43. The van der Waals surface area contributed by atoms with Crippen molar-refractivity contribution in [1.29, 1.82) is 0 Å². The first kappa shape index (κ1) is 16.9. The van der Waals surface area contributed by atoms with Crippen molar-refractivity contribution in [3.8, 4) is 0 Å². The van der Waals surface area contributed by atoms with Gasteiger partial charge in [-0.2, -0.15) is 0 Å². The van der Waals surface area contributed by atoms with Gasteiger partial charge < -0.3 is 10.0 Å². The maximum atomic E-state index is 12.3. The molecule has 0 aliphatic heterocycles. The molecule has 0 spiro atoms. The molecule has 1 N–H and O–H groups in total. The van der Waals surface area contributed by atoms with Crippen molar-refractivity contribution >= 4 is 35.2 Å². The quantitative estimate of drug-likeness (QED) is 0.819. The molecule has 0 bridgehead atoms. The molecular weight excluding hydrogens is 298 g/mol. The van der Waals surface area contributed by atoms with Crippen LogP contribution in [0.2, 0.25) is 5.02 Å². The number of carboxylic acid groups (broad SMARTS) is 1. The predicted octanol–water partition coefficient (Wildman–Crippen LogP) is 3.14. The van der Waals surface area contributed by atoms with Crippen LogP contribution in [0, 0.1) is 0 Å². The van der Waals surface area contributed by atoms with Crippen LogP contribution in [-0.4, -0.2) is 39.7 Å². The molecule has 6 heteroatoms. The molecule has 0 radical (unpaired) electrons. The number of carboxylic acids is 1. The molecule has 0 aliphatic rings. The van der Waals surface area contributed by atoms with Crippen molar-refractivity contribution in [2.24, 2.45) is 0 Å². The summed E-state index contributed by atoms with van der Waals surface area (Å²) in [6.07, 6.45) is 0. The van der Waals surface area contributed by atoms with E-state index in [-0.39, 0.29) is 18.5 Å². The zero-order valence-electron chi connectivity index (χ0n) is 11.7. The average molecular weight is 316 g/mol. The molecule has 0 fully saturated rings. The van der Waals surface area contributed by atoms with Gasteiger partial charge in [0.25, 0.3) is 0 Å². The second kappa shape index (κ2) is 7.55. The van der Waals surface area contributed by atoms with Crippen molar-refractivity contribution in [2.45, 2.75) is 37.0 Å². The van der Waals surface area contributed by atoms with Gasteiger partial charge in [-0.05, 0) is 32.9 Å². The highest BCUT2D eigenvalue weighted by Crippen LogP contribution is 2.30. The minimum Gasteiger partial charge on any atom is -0.480 e. The topological polar surface area (TPSA) is 57.6 Å². The van der Waals surface area contributed by atoms with Crippen LogP contribution in [0.15, 0.2) is 29.2 Å². The summed E-state index contributed by atoms with van der Waals surface area (Å²) < 4.78 is 0. The third-order valence-corrected chi connectivity index (χ3v) is 4.31. The fraction of sp³-hybridized carbons (Fsp3) is 0.429. The van der Waals surface area contributed by atoms with Crippen LogP contribution in [0.3, 0.4) is 0 Å². The van der Waals surface area contributed by atoms with E-state index in [2.05, 4.69) is 0 Å². The first-order chi connectivity index (χ1) is 9.32. The molecule has 1 unspecified atom stereocenters. The summed E-state index contributed by atoms with van der Waals surface area (Å²) in [5.41, 5.74) is 0. The Labute approximate surface area is 128 Å². The van der Waals surface area contributed by atoms with Gasteiger partial charge in [-0.1, -0.05) is 23.7 Å². The number of carbonyl (C=O) groups is 2. The third-order valence-electron chi connectivity index (χ3n) is 2.70. The molecule has 0 saturated carbocycles. The summed E-state index contributed by atoms with van der Waals surface area (Å²) in [5.74, 6) is -1.21. The van der Waals surface area contributed by atoms with Gasteiger partial charge in [0, 0.05) is 10.9 Å². The molecule has 0 heterocycles. The van der Waals surface area contributed by atoms with E-state index in [1.54, 1.807) is 26.8 Å². The minimum absolute atomic E-state index is 0.159. The maximum Gasteiger partial charge on any atom is 0.323 e. The standard InChI is InChI=1S/C14H18ClNO3S/c1-9(2)16(8-13(17)18)14(19)10(3)20-12-7-5-4-6-11(12)15/h4-7,9-10H,8H2,1-3H3,(H,17,18). The lowest BCUT2D eigenvalue weighted by atomic mass is 10.3. The zero-order valence-corrected chi connectivity index (χ0v) is 13.2. The van der Waals surface area contributed by atoms with E-state index >= 15 is 0 Å². The van der Waals surface area contributed by atoms with E-state index in [1.165, 1.54) is 16.7 Å². The molecule has 0 aromatic heterocycles. The van der Waals surface area contributed by atoms with Crippen molar-refractivity contribution in [3.05, 3.63) is 29.3 Å². The van der Waals surface area contributed by atoms with Crippen molar-refractivity contribution < 1.29 is 14.7 Å². The Morgan fingerprint density at radius 1 is 1.30 bits per heavy atom. The number of halogens is 1. The highest BCUT2D eigenvalue weighted by atomic mass is 35.5. The highest BCUT2D eigenvalue weighted by Gasteiger charge is 2.25.